The molecule has 22 heavy (non-hydrogen) atoms. The van der Waals surface area contributed by atoms with Crippen LogP contribution in [-0.2, 0) is 9.31 Å². The molecule has 0 aromatic carbocycles. The molecule has 1 aromatic heterocycles. The molecule has 1 aliphatic heterocycles. The van der Waals surface area contributed by atoms with Gasteiger partial charge in [-0.3, -0.25) is 0 Å². The van der Waals surface area contributed by atoms with E-state index in [0.29, 0.717) is 22.9 Å². The minimum absolute atomic E-state index is 0.366. The Bertz CT molecular complexity index is 554. The van der Waals surface area contributed by atoms with Gasteiger partial charge >= 0.3 is 7.12 Å². The van der Waals surface area contributed by atoms with Crippen molar-refractivity contribution in [3.05, 3.63) is 28.5 Å². The van der Waals surface area contributed by atoms with E-state index in [1.54, 1.807) is 12.3 Å². The quantitative estimate of drug-likeness (QED) is 0.658. The highest BCUT2D eigenvalue weighted by atomic mass is 35.5. The third kappa shape index (κ3) is 3.30. The van der Waals surface area contributed by atoms with Gasteiger partial charge in [-0.1, -0.05) is 17.7 Å². The van der Waals surface area contributed by atoms with Crippen LogP contribution in [0.15, 0.2) is 17.7 Å². The highest BCUT2D eigenvalue weighted by molar-refractivity contribution is 6.56. The van der Waals surface area contributed by atoms with E-state index < -0.39 is 18.3 Å². The summed E-state index contributed by atoms with van der Waals surface area (Å²) in [6.45, 7) is 8.69. The molecular weight excluding hydrogens is 300 g/mol. The molecule has 0 radical (unpaired) electrons. The van der Waals surface area contributed by atoms with Crippen molar-refractivity contribution in [3.63, 3.8) is 0 Å². The number of nitrogens with one attached hydrogen (secondary N) is 1. The van der Waals surface area contributed by atoms with Crippen molar-refractivity contribution in [1.82, 2.24) is 10.3 Å². The number of hydrogen-bond acceptors (Lipinski definition) is 5. The summed E-state index contributed by atoms with van der Waals surface area (Å²) in [7, 11) is 1.42. The molecule has 0 aliphatic carbocycles. The van der Waals surface area contributed by atoms with E-state index >= 15 is 0 Å². The van der Waals surface area contributed by atoms with Crippen LogP contribution < -0.4 is 11.1 Å². The summed E-state index contributed by atoms with van der Waals surface area (Å²) < 4.78 is 12.2. The first-order valence-corrected chi connectivity index (χ1v) is 7.66. The van der Waals surface area contributed by atoms with Crippen LogP contribution in [0.4, 0.5) is 5.69 Å². The fraction of sp³-hybridized carbons (Fsp3) is 0.533. The van der Waals surface area contributed by atoms with E-state index in [2.05, 4.69) is 10.3 Å². The van der Waals surface area contributed by atoms with Crippen molar-refractivity contribution in [3.8, 4) is 0 Å². The Morgan fingerprint density at radius 3 is 2.45 bits per heavy atom. The molecule has 2 heterocycles. The predicted octanol–water partition coefficient (Wildman–Crippen LogP) is 2.55. The summed E-state index contributed by atoms with van der Waals surface area (Å²) in [5, 5.41) is 3.49. The Labute approximate surface area is 137 Å². The SMILES string of the molecule is CNCC(=Cc1c(N)ccnc1Cl)B1OC(C)(C)C(C)(C)O1. The van der Waals surface area contributed by atoms with Crippen LogP contribution in [0.2, 0.25) is 5.15 Å². The Morgan fingerprint density at radius 2 is 1.95 bits per heavy atom. The second-order valence-corrected chi connectivity index (χ2v) is 6.80. The van der Waals surface area contributed by atoms with Crippen LogP contribution in [0, 0.1) is 0 Å². The van der Waals surface area contributed by atoms with E-state index in [1.807, 2.05) is 40.8 Å². The van der Waals surface area contributed by atoms with E-state index in [4.69, 9.17) is 26.6 Å². The fourth-order valence-electron chi connectivity index (χ4n) is 2.19. The molecule has 2 rings (SSSR count). The monoisotopic (exact) mass is 323 g/mol. The van der Waals surface area contributed by atoms with Gasteiger partial charge in [0.05, 0.1) is 11.2 Å². The third-order valence-corrected chi connectivity index (χ3v) is 4.54. The van der Waals surface area contributed by atoms with Crippen molar-refractivity contribution in [2.75, 3.05) is 19.3 Å². The van der Waals surface area contributed by atoms with Gasteiger partial charge in [0.25, 0.3) is 0 Å². The Morgan fingerprint density at radius 1 is 1.36 bits per heavy atom. The van der Waals surface area contributed by atoms with Gasteiger partial charge in [-0.2, -0.15) is 0 Å². The minimum atomic E-state index is -0.451. The van der Waals surface area contributed by atoms with E-state index in [1.165, 1.54) is 0 Å². The number of halogens is 1. The number of hydrogen-bond donors (Lipinski definition) is 2. The molecule has 0 bridgehead atoms. The standard InChI is InChI=1S/C15H23BClN3O2/c1-14(2)15(3,4)22-16(21-14)10(9-19-5)8-11-12(18)6-7-20-13(11)17/h6-8,19H,9H2,1-5H3,(H2,18,20). The van der Waals surface area contributed by atoms with Gasteiger partial charge in [0.15, 0.2) is 0 Å². The van der Waals surface area contributed by atoms with Crippen molar-refractivity contribution in [2.24, 2.45) is 0 Å². The van der Waals surface area contributed by atoms with E-state index in [9.17, 15) is 0 Å². The van der Waals surface area contributed by atoms with Crippen LogP contribution in [0.25, 0.3) is 6.08 Å². The van der Waals surface area contributed by atoms with Gasteiger partial charge < -0.3 is 20.4 Å². The summed E-state index contributed by atoms with van der Waals surface area (Å²) in [6.07, 6.45) is 3.48. The topological polar surface area (TPSA) is 69.4 Å². The summed E-state index contributed by atoms with van der Waals surface area (Å²) in [5.41, 5.74) is 7.39. The molecule has 5 nitrogen and oxygen atoms in total. The largest absolute Gasteiger partial charge is 0.491 e. The molecule has 0 spiro atoms. The molecule has 0 amide bonds. The van der Waals surface area contributed by atoms with Crippen LogP contribution >= 0.6 is 11.6 Å². The summed E-state index contributed by atoms with van der Waals surface area (Å²) in [5.74, 6) is 0. The maximum Gasteiger partial charge on any atom is 0.491 e. The predicted molar refractivity (Wildman–Crippen MR) is 91.6 cm³/mol. The normalized spacial score (nSPS) is 20.5. The molecule has 0 unspecified atom stereocenters. The summed E-state index contributed by atoms with van der Waals surface area (Å²) >= 11 is 6.15. The zero-order chi connectivity index (χ0) is 16.5. The molecule has 1 aliphatic rings. The average Bonchev–Trinajstić information content (AvgIpc) is 2.61. The maximum atomic E-state index is 6.15. The van der Waals surface area contributed by atoms with Gasteiger partial charge in [0.2, 0.25) is 0 Å². The molecular formula is C15H23BClN3O2. The van der Waals surface area contributed by atoms with Crippen molar-refractivity contribution in [2.45, 2.75) is 38.9 Å². The summed E-state index contributed by atoms with van der Waals surface area (Å²) in [4.78, 5) is 4.08. The highest BCUT2D eigenvalue weighted by Gasteiger charge is 2.52. The number of aromatic nitrogens is 1. The second-order valence-electron chi connectivity index (χ2n) is 6.44. The van der Waals surface area contributed by atoms with Gasteiger partial charge in [-0.25, -0.2) is 4.98 Å². The number of likely N-dealkylation sites (N-methyl/N-ethyl adjacent to an activating group) is 1. The number of pyridine rings is 1. The number of nitrogens with two attached hydrogens (primary N) is 1. The second kappa shape index (κ2) is 6.20. The van der Waals surface area contributed by atoms with Crippen LogP contribution in [0.3, 0.4) is 0 Å². The van der Waals surface area contributed by atoms with Gasteiger partial charge in [0.1, 0.15) is 5.15 Å². The molecule has 1 aromatic rings. The lowest BCUT2D eigenvalue weighted by Gasteiger charge is -2.32. The number of nitrogen functional groups attached to an aromatic ring is 1. The average molecular weight is 324 g/mol. The maximum absolute atomic E-state index is 6.15. The molecule has 1 fully saturated rings. The zero-order valence-electron chi connectivity index (χ0n) is 13.7. The molecule has 0 saturated carbocycles. The van der Waals surface area contributed by atoms with Gasteiger partial charge in [-0.05, 0) is 46.3 Å². The molecule has 3 N–H and O–H groups in total. The molecule has 7 heteroatoms. The first-order chi connectivity index (χ1) is 10.2. The Kier molecular flexibility index (Phi) is 4.87. The molecule has 1 saturated heterocycles. The van der Waals surface area contributed by atoms with Gasteiger partial charge in [0, 0.05) is 24.0 Å². The van der Waals surface area contributed by atoms with Crippen molar-refractivity contribution in [1.29, 1.82) is 0 Å². The number of nitrogens with zero attached hydrogens (tertiary/aromatic N) is 1. The van der Waals surface area contributed by atoms with Crippen LogP contribution in [0.5, 0.6) is 0 Å². The number of anilines is 1. The van der Waals surface area contributed by atoms with Gasteiger partial charge in [-0.15, -0.1) is 0 Å². The van der Waals surface area contributed by atoms with Crippen molar-refractivity contribution >= 4 is 30.5 Å². The molecule has 120 valence electrons. The number of rotatable bonds is 4. The molecule has 0 atom stereocenters. The van der Waals surface area contributed by atoms with E-state index in [0.717, 1.165) is 5.47 Å². The van der Waals surface area contributed by atoms with Crippen LogP contribution in [-0.4, -0.2) is 36.9 Å². The first-order valence-electron chi connectivity index (χ1n) is 7.28. The first kappa shape index (κ1) is 17.3. The van der Waals surface area contributed by atoms with Crippen molar-refractivity contribution < 1.29 is 9.31 Å². The van der Waals surface area contributed by atoms with E-state index in [-0.39, 0.29) is 0 Å². The minimum Gasteiger partial charge on any atom is -0.400 e. The van der Waals surface area contributed by atoms with Crippen LogP contribution in [0.1, 0.15) is 33.3 Å². The fourth-order valence-corrected chi connectivity index (χ4v) is 2.41. The highest BCUT2D eigenvalue weighted by Crippen LogP contribution is 2.39. The Hall–Kier alpha value is -1.08. The lowest BCUT2D eigenvalue weighted by molar-refractivity contribution is 0.00578. The lowest BCUT2D eigenvalue weighted by Crippen LogP contribution is -2.41. The smallest absolute Gasteiger partial charge is 0.400 e. The zero-order valence-corrected chi connectivity index (χ0v) is 14.5. The Balaban J connectivity index is 2.38. The summed E-state index contributed by atoms with van der Waals surface area (Å²) in [6, 6.07) is 1.72. The third-order valence-electron chi connectivity index (χ3n) is 4.24. The lowest BCUT2D eigenvalue weighted by atomic mass is 9.77.